The summed E-state index contributed by atoms with van der Waals surface area (Å²) in [6.07, 6.45) is 3.58. The van der Waals surface area contributed by atoms with Gasteiger partial charge in [0.25, 0.3) is 0 Å². The summed E-state index contributed by atoms with van der Waals surface area (Å²) < 4.78 is 2.00. The quantitative estimate of drug-likeness (QED) is 0.916. The van der Waals surface area contributed by atoms with E-state index in [2.05, 4.69) is 48.2 Å². The van der Waals surface area contributed by atoms with Crippen molar-refractivity contribution < 1.29 is 0 Å². The van der Waals surface area contributed by atoms with Gasteiger partial charge in [-0.05, 0) is 37.3 Å². The number of fused-ring (bicyclic) bond motifs is 1. The summed E-state index contributed by atoms with van der Waals surface area (Å²) >= 11 is 0. The summed E-state index contributed by atoms with van der Waals surface area (Å²) in [4.78, 5) is 4.39. The van der Waals surface area contributed by atoms with Crippen molar-refractivity contribution in [3.05, 3.63) is 47.5 Å². The second kappa shape index (κ2) is 4.78. The summed E-state index contributed by atoms with van der Waals surface area (Å²) in [5.41, 5.74) is 9.06. The van der Waals surface area contributed by atoms with Crippen molar-refractivity contribution >= 4 is 0 Å². The number of nitrogens with two attached hydrogens (primary N) is 1. The van der Waals surface area contributed by atoms with Gasteiger partial charge in [-0.2, -0.15) is 5.10 Å². The van der Waals surface area contributed by atoms with Crippen LogP contribution in [0.4, 0.5) is 0 Å². The van der Waals surface area contributed by atoms with Crippen LogP contribution in [0, 0.1) is 5.92 Å². The van der Waals surface area contributed by atoms with Crippen LogP contribution >= 0.6 is 0 Å². The van der Waals surface area contributed by atoms with E-state index in [1.807, 2.05) is 4.68 Å². The van der Waals surface area contributed by atoms with E-state index in [0.29, 0.717) is 12.0 Å². The molecule has 2 N–H and O–H groups in total. The molecule has 0 radical (unpaired) electrons. The number of benzene rings is 1. The zero-order valence-corrected chi connectivity index (χ0v) is 11.5. The Bertz CT molecular complexity index is 573. The first-order valence-electron chi connectivity index (χ1n) is 6.88. The van der Waals surface area contributed by atoms with Gasteiger partial charge >= 0.3 is 0 Å². The average molecular weight is 256 g/mol. The van der Waals surface area contributed by atoms with Gasteiger partial charge in [-0.3, -0.25) is 0 Å². The summed E-state index contributed by atoms with van der Waals surface area (Å²) in [6, 6.07) is 8.95. The fraction of sp³-hybridized carbons (Fsp3) is 0.467. The highest BCUT2D eigenvalue weighted by atomic mass is 15.3. The maximum atomic E-state index is 6.38. The topological polar surface area (TPSA) is 56.7 Å². The average Bonchev–Trinajstić information content (AvgIpc) is 2.97. The lowest BCUT2D eigenvalue weighted by Crippen LogP contribution is -2.21. The van der Waals surface area contributed by atoms with Crippen molar-refractivity contribution in [2.45, 2.75) is 38.8 Å². The summed E-state index contributed by atoms with van der Waals surface area (Å²) in [5.74, 6) is 1.47. The van der Waals surface area contributed by atoms with Gasteiger partial charge in [-0.15, -0.1) is 0 Å². The van der Waals surface area contributed by atoms with Crippen LogP contribution < -0.4 is 5.73 Å². The molecule has 1 aliphatic rings. The number of hydrogen-bond acceptors (Lipinski definition) is 3. The Morgan fingerprint density at radius 2 is 2.16 bits per heavy atom. The molecule has 2 atom stereocenters. The molecule has 1 aromatic carbocycles. The zero-order chi connectivity index (χ0) is 13.4. The van der Waals surface area contributed by atoms with Crippen LogP contribution in [0.3, 0.4) is 0 Å². The van der Waals surface area contributed by atoms with Gasteiger partial charge in [-0.1, -0.05) is 24.3 Å². The lowest BCUT2D eigenvalue weighted by atomic mass is 9.97. The molecule has 0 spiro atoms. The normalized spacial score (nSPS) is 21.9. The number of aromatic nitrogens is 3. The Labute approximate surface area is 113 Å². The van der Waals surface area contributed by atoms with Gasteiger partial charge in [0, 0.05) is 18.5 Å². The summed E-state index contributed by atoms with van der Waals surface area (Å²) in [5, 5.41) is 4.30. The van der Waals surface area contributed by atoms with Crippen LogP contribution in [0.25, 0.3) is 0 Å². The smallest absolute Gasteiger partial charge is 0.138 e. The fourth-order valence-corrected chi connectivity index (χ4v) is 2.99. The largest absolute Gasteiger partial charge is 0.324 e. The third kappa shape index (κ3) is 2.16. The molecular weight excluding hydrogens is 236 g/mol. The van der Waals surface area contributed by atoms with E-state index in [-0.39, 0.29) is 6.04 Å². The van der Waals surface area contributed by atoms with Gasteiger partial charge in [0.05, 0.1) is 0 Å². The van der Waals surface area contributed by atoms with Gasteiger partial charge in [0.15, 0.2) is 0 Å². The maximum Gasteiger partial charge on any atom is 0.138 e. The predicted molar refractivity (Wildman–Crippen MR) is 74.7 cm³/mol. The highest BCUT2D eigenvalue weighted by Gasteiger charge is 2.30. The van der Waals surface area contributed by atoms with E-state index in [1.54, 1.807) is 6.33 Å². The van der Waals surface area contributed by atoms with E-state index < -0.39 is 0 Å². The molecule has 1 aliphatic carbocycles. The zero-order valence-electron chi connectivity index (χ0n) is 11.5. The standard InChI is InChI=1S/C15H20N4/c1-10(2)19-14(17-9-18-19)8-12-7-11-5-3-4-6-13(11)15(12)16/h3-6,9-10,12,15H,7-8,16H2,1-2H3. The van der Waals surface area contributed by atoms with E-state index in [4.69, 9.17) is 5.73 Å². The van der Waals surface area contributed by atoms with Crippen molar-refractivity contribution in [3.8, 4) is 0 Å². The van der Waals surface area contributed by atoms with Gasteiger partial charge < -0.3 is 5.73 Å². The van der Waals surface area contributed by atoms with Crippen molar-refractivity contribution in [2.75, 3.05) is 0 Å². The molecule has 100 valence electrons. The molecule has 0 bridgehead atoms. The lowest BCUT2D eigenvalue weighted by molar-refractivity contribution is 0.422. The number of hydrogen-bond donors (Lipinski definition) is 1. The summed E-state index contributed by atoms with van der Waals surface area (Å²) in [6.45, 7) is 4.25. The molecule has 3 rings (SSSR count). The second-order valence-corrected chi connectivity index (χ2v) is 5.61. The van der Waals surface area contributed by atoms with Crippen molar-refractivity contribution in [1.29, 1.82) is 0 Å². The minimum Gasteiger partial charge on any atom is -0.324 e. The third-order valence-corrected chi connectivity index (χ3v) is 3.99. The minimum atomic E-state index is 0.119. The van der Waals surface area contributed by atoms with E-state index in [9.17, 15) is 0 Å². The van der Waals surface area contributed by atoms with Crippen molar-refractivity contribution in [3.63, 3.8) is 0 Å². The fourth-order valence-electron chi connectivity index (χ4n) is 2.99. The van der Waals surface area contributed by atoms with Crippen LogP contribution in [0.15, 0.2) is 30.6 Å². The molecule has 2 aromatic rings. The molecule has 0 aliphatic heterocycles. The highest BCUT2D eigenvalue weighted by Crippen LogP contribution is 2.35. The van der Waals surface area contributed by atoms with E-state index in [0.717, 1.165) is 18.7 Å². The molecule has 4 heteroatoms. The first-order valence-corrected chi connectivity index (χ1v) is 6.88. The predicted octanol–water partition coefficient (Wildman–Crippen LogP) is 2.27. The SMILES string of the molecule is CC(C)n1ncnc1CC1Cc2ccccc2C1N. The molecule has 0 saturated carbocycles. The highest BCUT2D eigenvalue weighted by molar-refractivity contribution is 5.35. The first kappa shape index (κ1) is 12.4. The number of rotatable bonds is 3. The maximum absolute atomic E-state index is 6.38. The van der Waals surface area contributed by atoms with Crippen LogP contribution in [-0.2, 0) is 12.8 Å². The molecule has 1 aromatic heterocycles. The molecule has 0 amide bonds. The lowest BCUT2D eigenvalue weighted by Gasteiger charge is -2.17. The van der Waals surface area contributed by atoms with Crippen LogP contribution in [0.2, 0.25) is 0 Å². The van der Waals surface area contributed by atoms with Gasteiger partial charge in [0.1, 0.15) is 12.2 Å². The van der Waals surface area contributed by atoms with Crippen molar-refractivity contribution in [2.24, 2.45) is 11.7 Å². The molecule has 4 nitrogen and oxygen atoms in total. The summed E-state index contributed by atoms with van der Waals surface area (Å²) in [7, 11) is 0. The van der Waals surface area contributed by atoms with E-state index in [1.165, 1.54) is 11.1 Å². The van der Waals surface area contributed by atoms with Gasteiger partial charge in [-0.25, -0.2) is 9.67 Å². The molecular formula is C15H20N4. The van der Waals surface area contributed by atoms with Crippen LogP contribution in [-0.4, -0.2) is 14.8 Å². The molecule has 1 heterocycles. The number of nitrogens with zero attached hydrogens (tertiary/aromatic N) is 3. The molecule has 2 unspecified atom stereocenters. The second-order valence-electron chi connectivity index (χ2n) is 5.61. The van der Waals surface area contributed by atoms with Crippen LogP contribution in [0.1, 0.15) is 42.9 Å². The Morgan fingerprint density at radius 1 is 1.37 bits per heavy atom. The van der Waals surface area contributed by atoms with Crippen LogP contribution in [0.5, 0.6) is 0 Å². The first-order chi connectivity index (χ1) is 9.16. The minimum absolute atomic E-state index is 0.119. The Balaban J connectivity index is 1.81. The Morgan fingerprint density at radius 3 is 2.89 bits per heavy atom. The van der Waals surface area contributed by atoms with Gasteiger partial charge in [0.2, 0.25) is 0 Å². The monoisotopic (exact) mass is 256 g/mol. The third-order valence-electron chi connectivity index (χ3n) is 3.99. The Hall–Kier alpha value is -1.68. The Kier molecular flexibility index (Phi) is 3.11. The molecule has 0 saturated heterocycles. The molecule has 0 fully saturated rings. The molecule has 19 heavy (non-hydrogen) atoms. The van der Waals surface area contributed by atoms with E-state index >= 15 is 0 Å². The van der Waals surface area contributed by atoms with Crippen molar-refractivity contribution in [1.82, 2.24) is 14.8 Å².